The number of benzene rings is 1. The summed E-state index contributed by atoms with van der Waals surface area (Å²) in [5.41, 5.74) is 1.61. The molecule has 1 rings (SSSR count). The molecule has 0 aliphatic rings. The third-order valence-electron chi connectivity index (χ3n) is 3.26. The number of sulfonamides is 1. The lowest BCUT2D eigenvalue weighted by molar-refractivity contribution is 0.317. The van der Waals surface area contributed by atoms with Gasteiger partial charge in [-0.25, -0.2) is 13.1 Å². The molecule has 0 fully saturated rings. The van der Waals surface area contributed by atoms with Crippen LogP contribution < -0.4 is 4.72 Å². The highest BCUT2D eigenvalue weighted by atomic mass is 32.2. The van der Waals surface area contributed by atoms with Crippen LogP contribution in [0.25, 0.3) is 0 Å². The third kappa shape index (κ3) is 3.56. The van der Waals surface area contributed by atoms with E-state index in [2.05, 4.69) is 4.72 Å². The Morgan fingerprint density at radius 3 is 2.22 bits per heavy atom. The minimum absolute atomic E-state index is 0.106. The van der Waals surface area contributed by atoms with Gasteiger partial charge < -0.3 is 0 Å². The topological polar surface area (TPSA) is 46.2 Å². The summed E-state index contributed by atoms with van der Waals surface area (Å²) in [6, 6.07) is 5.35. The van der Waals surface area contributed by atoms with Crippen molar-refractivity contribution in [2.45, 2.75) is 52.5 Å². The normalized spacial score (nSPS) is 14.6. The Hall–Kier alpha value is -0.870. The molecule has 102 valence electrons. The molecule has 0 saturated carbocycles. The predicted octanol–water partition coefficient (Wildman–Crippen LogP) is 3.02. The summed E-state index contributed by atoms with van der Waals surface area (Å²) in [6.45, 7) is 11.7. The lowest BCUT2D eigenvalue weighted by Gasteiger charge is -2.28. The van der Waals surface area contributed by atoms with Gasteiger partial charge in [0.05, 0.1) is 4.90 Å². The lowest BCUT2D eigenvalue weighted by atomic mass is 9.89. The van der Waals surface area contributed by atoms with Crippen molar-refractivity contribution in [1.82, 2.24) is 4.72 Å². The summed E-state index contributed by atoms with van der Waals surface area (Å²) in [5, 5.41) is 0. The van der Waals surface area contributed by atoms with Gasteiger partial charge in [-0.05, 0) is 43.4 Å². The molecule has 0 radical (unpaired) electrons. The first-order valence-corrected chi connectivity index (χ1v) is 7.62. The van der Waals surface area contributed by atoms with Crippen LogP contribution in [0.2, 0.25) is 0 Å². The van der Waals surface area contributed by atoms with Crippen molar-refractivity contribution in [3.8, 4) is 0 Å². The van der Waals surface area contributed by atoms with E-state index in [1.54, 1.807) is 6.07 Å². The number of aryl methyl sites for hydroxylation is 2. The SMILES string of the molecule is Cc1ccc(C)c(S(=O)(=O)NC(C)C(C)(C)C)c1. The van der Waals surface area contributed by atoms with Gasteiger partial charge in [0.15, 0.2) is 0 Å². The maximum absolute atomic E-state index is 12.4. The fraction of sp³-hybridized carbons (Fsp3) is 0.571. The van der Waals surface area contributed by atoms with Crippen molar-refractivity contribution in [3.63, 3.8) is 0 Å². The molecular formula is C14H23NO2S. The van der Waals surface area contributed by atoms with E-state index in [-0.39, 0.29) is 11.5 Å². The van der Waals surface area contributed by atoms with Crippen LogP contribution in [0.3, 0.4) is 0 Å². The van der Waals surface area contributed by atoms with Crippen molar-refractivity contribution in [3.05, 3.63) is 29.3 Å². The first-order chi connectivity index (χ1) is 8.04. The molecule has 0 spiro atoms. The fourth-order valence-electron chi connectivity index (χ4n) is 1.47. The second kappa shape index (κ2) is 5.02. The van der Waals surface area contributed by atoms with E-state index >= 15 is 0 Å². The maximum Gasteiger partial charge on any atom is 0.241 e. The molecule has 1 unspecified atom stereocenters. The monoisotopic (exact) mass is 269 g/mol. The van der Waals surface area contributed by atoms with Crippen molar-refractivity contribution in [1.29, 1.82) is 0 Å². The highest BCUT2D eigenvalue weighted by Crippen LogP contribution is 2.22. The molecule has 1 aromatic carbocycles. The zero-order valence-electron chi connectivity index (χ0n) is 12.0. The van der Waals surface area contributed by atoms with E-state index < -0.39 is 10.0 Å². The Morgan fingerprint density at radius 2 is 1.72 bits per heavy atom. The van der Waals surface area contributed by atoms with E-state index in [4.69, 9.17) is 0 Å². The van der Waals surface area contributed by atoms with Gasteiger partial charge in [0, 0.05) is 6.04 Å². The molecule has 1 atom stereocenters. The van der Waals surface area contributed by atoms with Crippen LogP contribution in [0.5, 0.6) is 0 Å². The summed E-state index contributed by atoms with van der Waals surface area (Å²) in [4.78, 5) is 0.374. The molecule has 18 heavy (non-hydrogen) atoms. The second-order valence-electron chi connectivity index (χ2n) is 5.98. The summed E-state index contributed by atoms with van der Waals surface area (Å²) in [7, 11) is -3.45. The quantitative estimate of drug-likeness (QED) is 0.917. The Morgan fingerprint density at radius 1 is 1.17 bits per heavy atom. The van der Waals surface area contributed by atoms with Gasteiger partial charge in [-0.3, -0.25) is 0 Å². The summed E-state index contributed by atoms with van der Waals surface area (Å²) in [6.07, 6.45) is 0. The van der Waals surface area contributed by atoms with Crippen LogP contribution in [0.15, 0.2) is 23.1 Å². The zero-order chi connectivity index (χ0) is 14.1. The van der Waals surface area contributed by atoms with Gasteiger partial charge >= 0.3 is 0 Å². The molecule has 1 N–H and O–H groups in total. The van der Waals surface area contributed by atoms with Crippen molar-refractivity contribution >= 4 is 10.0 Å². The molecule has 0 heterocycles. The molecule has 0 saturated heterocycles. The van der Waals surface area contributed by atoms with E-state index in [9.17, 15) is 8.42 Å². The van der Waals surface area contributed by atoms with E-state index in [1.165, 1.54) is 0 Å². The largest absolute Gasteiger partial charge is 0.241 e. The Balaban J connectivity index is 3.11. The highest BCUT2D eigenvalue weighted by Gasteiger charge is 2.26. The molecule has 0 aliphatic carbocycles. The van der Waals surface area contributed by atoms with E-state index in [1.807, 2.05) is 53.7 Å². The van der Waals surface area contributed by atoms with Gasteiger partial charge in [0.25, 0.3) is 0 Å². The van der Waals surface area contributed by atoms with Gasteiger partial charge in [0.2, 0.25) is 10.0 Å². The highest BCUT2D eigenvalue weighted by molar-refractivity contribution is 7.89. The summed E-state index contributed by atoms with van der Waals surface area (Å²) < 4.78 is 27.5. The summed E-state index contributed by atoms with van der Waals surface area (Å²) >= 11 is 0. The molecule has 0 aromatic heterocycles. The molecule has 3 nitrogen and oxygen atoms in total. The Kier molecular flexibility index (Phi) is 4.23. The van der Waals surface area contributed by atoms with Crippen LogP contribution in [-0.2, 0) is 10.0 Å². The van der Waals surface area contributed by atoms with E-state index in [0.717, 1.165) is 11.1 Å². The molecule has 1 aromatic rings. The predicted molar refractivity (Wildman–Crippen MR) is 75.2 cm³/mol. The first-order valence-electron chi connectivity index (χ1n) is 6.13. The van der Waals surface area contributed by atoms with Gasteiger partial charge in [0.1, 0.15) is 0 Å². The average molecular weight is 269 g/mol. The van der Waals surface area contributed by atoms with Crippen LogP contribution in [-0.4, -0.2) is 14.5 Å². The first kappa shape index (κ1) is 15.2. The van der Waals surface area contributed by atoms with E-state index in [0.29, 0.717) is 4.90 Å². The summed E-state index contributed by atoms with van der Waals surface area (Å²) in [5.74, 6) is 0. The Bertz CT molecular complexity index is 527. The number of rotatable bonds is 3. The smallest absolute Gasteiger partial charge is 0.208 e. The Labute approximate surface area is 111 Å². The lowest BCUT2D eigenvalue weighted by Crippen LogP contribution is -2.41. The molecular weight excluding hydrogens is 246 g/mol. The van der Waals surface area contributed by atoms with Crippen LogP contribution in [0, 0.1) is 19.3 Å². The van der Waals surface area contributed by atoms with Crippen LogP contribution >= 0.6 is 0 Å². The van der Waals surface area contributed by atoms with Crippen molar-refractivity contribution in [2.75, 3.05) is 0 Å². The fourth-order valence-corrected chi connectivity index (χ4v) is 3.25. The van der Waals surface area contributed by atoms with Crippen LogP contribution in [0.4, 0.5) is 0 Å². The third-order valence-corrected chi connectivity index (χ3v) is 4.95. The van der Waals surface area contributed by atoms with Crippen LogP contribution in [0.1, 0.15) is 38.8 Å². The number of nitrogens with one attached hydrogen (secondary N) is 1. The number of hydrogen-bond acceptors (Lipinski definition) is 2. The minimum Gasteiger partial charge on any atom is -0.208 e. The molecule has 0 amide bonds. The molecule has 0 aliphatic heterocycles. The zero-order valence-corrected chi connectivity index (χ0v) is 12.9. The van der Waals surface area contributed by atoms with Crippen molar-refractivity contribution < 1.29 is 8.42 Å². The maximum atomic E-state index is 12.4. The van der Waals surface area contributed by atoms with Gasteiger partial charge in [-0.15, -0.1) is 0 Å². The minimum atomic E-state index is -3.45. The molecule has 0 bridgehead atoms. The second-order valence-corrected chi connectivity index (χ2v) is 7.66. The molecule has 4 heteroatoms. The van der Waals surface area contributed by atoms with Crippen molar-refractivity contribution in [2.24, 2.45) is 5.41 Å². The average Bonchev–Trinajstić information content (AvgIpc) is 2.19. The van der Waals surface area contributed by atoms with Gasteiger partial charge in [-0.2, -0.15) is 0 Å². The standard InChI is InChI=1S/C14H23NO2S/c1-10-7-8-11(2)13(9-10)18(16,17)15-12(3)14(4,5)6/h7-9,12,15H,1-6H3. The number of hydrogen-bond donors (Lipinski definition) is 1. The van der Waals surface area contributed by atoms with Gasteiger partial charge in [-0.1, -0.05) is 32.9 Å².